The van der Waals surface area contributed by atoms with E-state index in [0.717, 1.165) is 34.4 Å². The third-order valence-electron chi connectivity index (χ3n) is 5.56. The van der Waals surface area contributed by atoms with Gasteiger partial charge in [0, 0.05) is 6.42 Å². The quantitative estimate of drug-likeness (QED) is 0.453. The number of rotatable bonds is 6. The lowest BCUT2D eigenvalue weighted by Gasteiger charge is -2.24. The molecule has 5 nitrogen and oxygen atoms in total. The Bertz CT molecular complexity index is 1230. The Hall–Kier alpha value is -3.38. The smallest absolute Gasteiger partial charge is 0.358 e. The van der Waals surface area contributed by atoms with E-state index in [2.05, 4.69) is 5.16 Å². The summed E-state index contributed by atoms with van der Waals surface area (Å²) in [5, 5.41) is 4.07. The molecule has 1 unspecified atom stereocenters. The van der Waals surface area contributed by atoms with Crippen molar-refractivity contribution in [1.29, 1.82) is 0 Å². The molecule has 32 heavy (non-hydrogen) atoms. The first kappa shape index (κ1) is 21.8. The number of oxime groups is 1. The number of methoxy groups -OCH3 is 1. The van der Waals surface area contributed by atoms with Gasteiger partial charge in [0.2, 0.25) is 0 Å². The second kappa shape index (κ2) is 9.40. The topological polar surface area (TPSA) is 65.0 Å². The van der Waals surface area contributed by atoms with Gasteiger partial charge in [0.15, 0.2) is 0 Å². The van der Waals surface area contributed by atoms with E-state index in [1.165, 1.54) is 12.1 Å². The zero-order valence-corrected chi connectivity index (χ0v) is 18.9. The van der Waals surface area contributed by atoms with Crippen molar-refractivity contribution in [2.75, 3.05) is 7.11 Å². The molecule has 0 radical (unpaired) electrons. The molecule has 1 aliphatic carbocycles. The lowest BCUT2D eigenvalue weighted by molar-refractivity contribution is 0.337. The molecule has 0 saturated heterocycles. The van der Waals surface area contributed by atoms with Gasteiger partial charge in [0.05, 0.1) is 12.8 Å². The normalized spacial score (nSPS) is 17.6. The van der Waals surface area contributed by atoms with Crippen molar-refractivity contribution in [3.8, 4) is 5.75 Å². The zero-order chi connectivity index (χ0) is 22.6. The lowest BCUT2D eigenvalue weighted by atomic mass is 9.81. The van der Waals surface area contributed by atoms with Crippen LogP contribution in [0.5, 0.6) is 5.75 Å². The molecule has 0 aliphatic heterocycles. The minimum atomic E-state index is -3.98. The number of aryl methyl sites for hydroxylation is 1. The highest BCUT2D eigenvalue weighted by molar-refractivity contribution is 7.86. The van der Waals surface area contributed by atoms with E-state index < -0.39 is 10.1 Å². The summed E-state index contributed by atoms with van der Waals surface area (Å²) in [5.41, 5.74) is 4.88. The summed E-state index contributed by atoms with van der Waals surface area (Å²) in [5.74, 6) is 0.940. The van der Waals surface area contributed by atoms with Crippen LogP contribution >= 0.6 is 0 Å². The molecule has 0 heterocycles. The lowest BCUT2D eigenvalue weighted by Crippen LogP contribution is -2.14. The molecular weight excluding hydrogens is 422 g/mol. The Balaban J connectivity index is 1.64. The number of allylic oxidation sites excluding steroid dienone is 2. The molecule has 1 atom stereocenters. The second-order valence-electron chi connectivity index (χ2n) is 7.84. The van der Waals surface area contributed by atoms with Crippen LogP contribution in [-0.4, -0.2) is 21.2 Å². The van der Waals surface area contributed by atoms with Gasteiger partial charge in [-0.25, -0.2) is 0 Å². The van der Waals surface area contributed by atoms with Gasteiger partial charge in [-0.05, 0) is 66.3 Å². The first-order valence-corrected chi connectivity index (χ1v) is 11.8. The molecule has 0 saturated carbocycles. The molecule has 0 N–H and O–H groups in total. The van der Waals surface area contributed by atoms with Gasteiger partial charge >= 0.3 is 10.1 Å². The van der Waals surface area contributed by atoms with Crippen molar-refractivity contribution in [3.63, 3.8) is 0 Å². The van der Waals surface area contributed by atoms with E-state index >= 15 is 0 Å². The van der Waals surface area contributed by atoms with Crippen molar-refractivity contribution in [1.82, 2.24) is 0 Å². The maximum Gasteiger partial charge on any atom is 0.358 e. The third kappa shape index (κ3) is 5.08. The molecule has 3 aromatic rings. The number of hydrogen-bond donors (Lipinski definition) is 0. The fourth-order valence-electron chi connectivity index (χ4n) is 3.78. The van der Waals surface area contributed by atoms with Crippen molar-refractivity contribution < 1.29 is 17.4 Å². The summed E-state index contributed by atoms with van der Waals surface area (Å²) < 4.78 is 35.6. The molecule has 164 valence electrons. The van der Waals surface area contributed by atoms with Gasteiger partial charge in [-0.3, -0.25) is 4.28 Å². The summed E-state index contributed by atoms with van der Waals surface area (Å²) in [7, 11) is -2.34. The predicted octanol–water partition coefficient (Wildman–Crippen LogP) is 5.73. The van der Waals surface area contributed by atoms with E-state index in [4.69, 9.17) is 9.02 Å². The largest absolute Gasteiger partial charge is 0.497 e. The van der Waals surface area contributed by atoms with Gasteiger partial charge in [-0.15, -0.1) is 0 Å². The Kier molecular flexibility index (Phi) is 6.42. The van der Waals surface area contributed by atoms with Crippen molar-refractivity contribution in [3.05, 3.63) is 102 Å². The van der Waals surface area contributed by atoms with Gasteiger partial charge in [-0.2, -0.15) is 8.42 Å². The molecular formula is C26H25NO4S. The average molecular weight is 448 g/mol. The van der Waals surface area contributed by atoms with Crippen LogP contribution in [0.4, 0.5) is 0 Å². The van der Waals surface area contributed by atoms with E-state index in [1.54, 1.807) is 19.2 Å². The molecule has 0 amide bonds. The van der Waals surface area contributed by atoms with Crippen LogP contribution in [0.1, 0.15) is 35.4 Å². The molecule has 0 aromatic heterocycles. The monoisotopic (exact) mass is 447 g/mol. The molecule has 1 aliphatic rings. The van der Waals surface area contributed by atoms with Gasteiger partial charge in [0.1, 0.15) is 10.6 Å². The van der Waals surface area contributed by atoms with E-state index in [1.807, 2.05) is 67.6 Å². The van der Waals surface area contributed by atoms with Gasteiger partial charge in [-0.1, -0.05) is 65.3 Å². The second-order valence-corrected chi connectivity index (χ2v) is 9.37. The first-order valence-electron chi connectivity index (χ1n) is 10.4. The number of ether oxygens (including phenoxy) is 1. The molecule has 6 heteroatoms. The average Bonchev–Trinajstić information content (AvgIpc) is 2.83. The van der Waals surface area contributed by atoms with Crippen LogP contribution in [0.25, 0.3) is 5.57 Å². The molecule has 0 spiro atoms. The first-order chi connectivity index (χ1) is 15.4. The zero-order valence-electron chi connectivity index (χ0n) is 18.1. The predicted molar refractivity (Wildman–Crippen MR) is 126 cm³/mol. The molecule has 4 rings (SSSR count). The molecule has 0 bridgehead atoms. The number of hydrogen-bond acceptors (Lipinski definition) is 5. The van der Waals surface area contributed by atoms with Crippen LogP contribution in [0.15, 0.2) is 95.0 Å². The summed E-state index contributed by atoms with van der Waals surface area (Å²) >= 11 is 0. The van der Waals surface area contributed by atoms with E-state index in [0.29, 0.717) is 12.1 Å². The SMILES string of the molecule is COc1ccc(C2CC(c3ccccc3)=C/C(=N\OS(=O)(=O)c3ccc(C)cc3)C2)cc1. The highest BCUT2D eigenvalue weighted by Crippen LogP contribution is 2.37. The number of nitrogens with zero attached hydrogens (tertiary/aromatic N) is 1. The van der Waals surface area contributed by atoms with Crippen molar-refractivity contribution >= 4 is 21.4 Å². The van der Waals surface area contributed by atoms with E-state index in [9.17, 15) is 8.42 Å². The Labute approximate surface area is 189 Å². The maximum atomic E-state index is 12.6. The summed E-state index contributed by atoms with van der Waals surface area (Å²) in [6, 6.07) is 24.5. The summed E-state index contributed by atoms with van der Waals surface area (Å²) in [4.78, 5) is 0.0854. The minimum Gasteiger partial charge on any atom is -0.497 e. The van der Waals surface area contributed by atoms with Crippen LogP contribution in [-0.2, 0) is 14.4 Å². The number of benzene rings is 3. The fraction of sp³-hybridized carbons (Fsp3) is 0.192. The van der Waals surface area contributed by atoms with E-state index in [-0.39, 0.29) is 10.8 Å². The molecule has 0 fully saturated rings. The Morgan fingerprint density at radius 1 is 0.875 bits per heavy atom. The van der Waals surface area contributed by atoms with Crippen LogP contribution in [0.2, 0.25) is 0 Å². The minimum absolute atomic E-state index is 0.0854. The fourth-order valence-corrected chi connectivity index (χ4v) is 4.53. The summed E-state index contributed by atoms with van der Waals surface area (Å²) in [6.45, 7) is 1.90. The highest BCUT2D eigenvalue weighted by Gasteiger charge is 2.24. The van der Waals surface area contributed by atoms with Gasteiger partial charge < -0.3 is 4.74 Å². The van der Waals surface area contributed by atoms with Crippen molar-refractivity contribution in [2.24, 2.45) is 5.16 Å². The maximum absolute atomic E-state index is 12.6. The van der Waals surface area contributed by atoms with Gasteiger partial charge in [0.25, 0.3) is 0 Å². The Morgan fingerprint density at radius 3 is 2.22 bits per heavy atom. The molecule has 3 aromatic carbocycles. The standard InChI is InChI=1S/C26H25NO4S/c1-19-8-14-26(15-9-19)32(28,29)31-27-24-17-22(20-6-4-3-5-7-20)16-23(18-24)21-10-12-25(30-2)13-11-21/h3-15,17,23H,16,18H2,1-2H3/b27-24+. The van der Waals surface area contributed by atoms with Crippen molar-refractivity contribution in [2.45, 2.75) is 30.6 Å². The highest BCUT2D eigenvalue weighted by atomic mass is 32.2. The third-order valence-corrected chi connectivity index (χ3v) is 6.68. The van der Waals surface area contributed by atoms with Crippen LogP contribution < -0.4 is 4.74 Å². The van der Waals surface area contributed by atoms with Crippen LogP contribution in [0.3, 0.4) is 0 Å². The van der Waals surface area contributed by atoms with Crippen LogP contribution in [0, 0.1) is 6.92 Å². The summed E-state index contributed by atoms with van der Waals surface area (Å²) in [6.07, 6.45) is 3.33. The Morgan fingerprint density at radius 2 is 1.56 bits per heavy atom.